The van der Waals surface area contributed by atoms with Crippen LogP contribution < -0.4 is 5.43 Å². The van der Waals surface area contributed by atoms with E-state index in [0.717, 1.165) is 16.9 Å². The monoisotopic (exact) mass is 359 g/mol. The van der Waals surface area contributed by atoms with Gasteiger partial charge in [0.2, 0.25) is 5.43 Å². The average molecular weight is 359 g/mol. The number of fused-ring (bicyclic) bond motifs is 3. The second kappa shape index (κ2) is 6.68. The molecule has 0 saturated carbocycles. The molecule has 0 saturated heterocycles. The van der Waals surface area contributed by atoms with E-state index in [4.69, 9.17) is 9.47 Å². The van der Waals surface area contributed by atoms with Crippen molar-refractivity contribution in [2.24, 2.45) is 0 Å². The third kappa shape index (κ3) is 2.80. The quantitative estimate of drug-likeness (QED) is 0.669. The number of ether oxygens (including phenoxy) is 2. The topological polar surface area (TPSA) is 74.1 Å². The van der Waals surface area contributed by atoms with Crippen LogP contribution in [0.2, 0.25) is 0 Å². The number of carbonyl (C=O) groups excluding carboxylic acids is 2. The Kier molecular flexibility index (Phi) is 4.59. The van der Waals surface area contributed by atoms with Crippen molar-refractivity contribution in [1.29, 1.82) is 0 Å². The lowest BCUT2D eigenvalue weighted by Crippen LogP contribution is -2.17. The summed E-state index contributed by atoms with van der Waals surface area (Å²) in [6.07, 6.45) is 1.72. The van der Waals surface area contributed by atoms with Crippen LogP contribution in [-0.2, 0) is 9.47 Å². The second-order valence-electron chi connectivity index (χ2n) is 5.43. The Bertz CT molecular complexity index is 1050. The van der Waals surface area contributed by atoms with Crippen LogP contribution in [0.1, 0.15) is 40.1 Å². The summed E-state index contributed by atoms with van der Waals surface area (Å²) in [4.78, 5) is 37.4. The van der Waals surface area contributed by atoms with Crippen molar-refractivity contribution in [2.45, 2.75) is 20.8 Å². The van der Waals surface area contributed by atoms with Gasteiger partial charge in [-0.3, -0.25) is 4.79 Å². The molecular weight excluding hydrogens is 342 g/mol. The molecule has 130 valence electrons. The lowest BCUT2D eigenvalue weighted by molar-refractivity contribution is 0.0518. The molecule has 3 rings (SSSR count). The summed E-state index contributed by atoms with van der Waals surface area (Å²) >= 11 is 1.16. The molecule has 0 aliphatic rings. The largest absolute Gasteiger partial charge is 0.462 e. The Balaban J connectivity index is 2.40. The number of carbonyl (C=O) groups is 2. The number of aromatic nitrogens is 1. The van der Waals surface area contributed by atoms with Crippen LogP contribution in [0.25, 0.3) is 15.7 Å². The molecule has 0 aliphatic heterocycles. The highest BCUT2D eigenvalue weighted by atomic mass is 32.1. The lowest BCUT2D eigenvalue weighted by atomic mass is 10.2. The Morgan fingerprint density at radius 2 is 1.84 bits per heavy atom. The standard InChI is InChI=1S/C18H17NO5S/c1-4-23-17(21)11-9-25-16-13(18(22)24-5-2)12-8-10(3)6-7-19(12)14(16)15(11)20/h6-9H,4-5H2,1-3H3. The zero-order valence-corrected chi connectivity index (χ0v) is 14.9. The van der Waals surface area contributed by atoms with E-state index in [1.165, 1.54) is 5.38 Å². The molecule has 3 aromatic rings. The maximum Gasteiger partial charge on any atom is 0.343 e. The third-order valence-corrected chi connectivity index (χ3v) is 4.77. The van der Waals surface area contributed by atoms with Gasteiger partial charge in [-0.05, 0) is 38.5 Å². The van der Waals surface area contributed by atoms with Crippen LogP contribution >= 0.6 is 11.3 Å². The first-order chi connectivity index (χ1) is 12.0. The van der Waals surface area contributed by atoms with Gasteiger partial charge in [0.1, 0.15) is 16.6 Å². The van der Waals surface area contributed by atoms with Gasteiger partial charge in [-0.15, -0.1) is 11.3 Å². The van der Waals surface area contributed by atoms with E-state index >= 15 is 0 Å². The molecule has 0 aromatic carbocycles. The van der Waals surface area contributed by atoms with Crippen molar-refractivity contribution in [3.63, 3.8) is 0 Å². The fourth-order valence-electron chi connectivity index (χ4n) is 2.71. The highest BCUT2D eigenvalue weighted by Gasteiger charge is 2.24. The normalized spacial score (nSPS) is 11.0. The van der Waals surface area contributed by atoms with Gasteiger partial charge < -0.3 is 13.9 Å². The molecule has 3 aromatic heterocycles. The molecule has 25 heavy (non-hydrogen) atoms. The van der Waals surface area contributed by atoms with E-state index in [2.05, 4.69) is 0 Å². The molecule has 6 nitrogen and oxygen atoms in total. The zero-order chi connectivity index (χ0) is 18.1. The highest BCUT2D eigenvalue weighted by molar-refractivity contribution is 7.17. The molecule has 0 N–H and O–H groups in total. The van der Waals surface area contributed by atoms with Crippen molar-refractivity contribution in [3.05, 3.63) is 50.6 Å². The van der Waals surface area contributed by atoms with Gasteiger partial charge in [-0.1, -0.05) is 0 Å². The van der Waals surface area contributed by atoms with Crippen LogP contribution in [0, 0.1) is 6.92 Å². The maximum absolute atomic E-state index is 12.9. The molecule has 0 atom stereocenters. The zero-order valence-electron chi connectivity index (χ0n) is 14.1. The summed E-state index contributed by atoms with van der Waals surface area (Å²) < 4.78 is 12.2. The molecule has 0 amide bonds. The van der Waals surface area contributed by atoms with Crippen LogP contribution in [0.4, 0.5) is 0 Å². The third-order valence-electron chi connectivity index (χ3n) is 3.78. The molecule has 0 aliphatic carbocycles. The number of esters is 2. The van der Waals surface area contributed by atoms with Gasteiger partial charge in [-0.2, -0.15) is 0 Å². The first kappa shape index (κ1) is 17.2. The van der Waals surface area contributed by atoms with Crippen LogP contribution in [-0.4, -0.2) is 29.6 Å². The van der Waals surface area contributed by atoms with Crippen molar-refractivity contribution in [1.82, 2.24) is 4.40 Å². The molecule has 0 spiro atoms. The fourth-order valence-corrected chi connectivity index (χ4v) is 3.76. The van der Waals surface area contributed by atoms with E-state index in [0.29, 0.717) is 15.8 Å². The summed E-state index contributed by atoms with van der Waals surface area (Å²) in [6, 6.07) is 3.66. The first-order valence-electron chi connectivity index (χ1n) is 7.90. The summed E-state index contributed by atoms with van der Waals surface area (Å²) in [6.45, 7) is 5.73. The smallest absolute Gasteiger partial charge is 0.343 e. The number of hydrogen-bond donors (Lipinski definition) is 0. The van der Waals surface area contributed by atoms with Gasteiger partial charge in [0.25, 0.3) is 0 Å². The maximum atomic E-state index is 12.9. The molecule has 0 fully saturated rings. The van der Waals surface area contributed by atoms with E-state index in [-0.39, 0.29) is 24.3 Å². The van der Waals surface area contributed by atoms with Crippen molar-refractivity contribution in [3.8, 4) is 0 Å². The van der Waals surface area contributed by atoms with Gasteiger partial charge in [-0.25, -0.2) is 9.59 Å². The number of rotatable bonds is 4. The average Bonchev–Trinajstić information content (AvgIpc) is 2.89. The number of hydrogen-bond acceptors (Lipinski definition) is 6. The van der Waals surface area contributed by atoms with Crippen molar-refractivity contribution in [2.75, 3.05) is 13.2 Å². The summed E-state index contributed by atoms with van der Waals surface area (Å²) in [7, 11) is 0. The Labute approximate surface area is 147 Å². The van der Waals surface area contributed by atoms with Gasteiger partial charge in [0.05, 0.1) is 23.4 Å². The lowest BCUT2D eigenvalue weighted by Gasteiger charge is -2.02. The van der Waals surface area contributed by atoms with E-state index < -0.39 is 17.4 Å². The molecule has 0 unspecified atom stereocenters. The summed E-state index contributed by atoms with van der Waals surface area (Å²) in [5.74, 6) is -1.15. The molecule has 7 heteroatoms. The minimum atomic E-state index is -0.662. The number of nitrogens with zero attached hydrogens (tertiary/aromatic N) is 1. The summed E-state index contributed by atoms with van der Waals surface area (Å²) in [5.41, 5.74) is 1.68. The van der Waals surface area contributed by atoms with Crippen molar-refractivity contribution >= 4 is 39.0 Å². The highest BCUT2D eigenvalue weighted by Crippen LogP contribution is 2.30. The number of aryl methyl sites for hydroxylation is 1. The Hall–Kier alpha value is -2.67. The molecular formula is C18H17NO5S. The van der Waals surface area contributed by atoms with Crippen molar-refractivity contribution < 1.29 is 19.1 Å². The minimum Gasteiger partial charge on any atom is -0.462 e. The summed E-state index contributed by atoms with van der Waals surface area (Å²) in [5, 5.41) is 1.44. The minimum absolute atomic E-state index is 0.0327. The molecule has 3 heterocycles. The predicted octanol–water partition coefficient (Wildman–Crippen LogP) is 3.18. The van der Waals surface area contributed by atoms with Gasteiger partial charge in [0.15, 0.2) is 0 Å². The van der Waals surface area contributed by atoms with E-state index in [1.54, 1.807) is 24.4 Å². The van der Waals surface area contributed by atoms with Crippen LogP contribution in [0.15, 0.2) is 28.5 Å². The Morgan fingerprint density at radius 3 is 2.52 bits per heavy atom. The van der Waals surface area contributed by atoms with E-state index in [1.807, 2.05) is 19.1 Å². The van der Waals surface area contributed by atoms with Gasteiger partial charge >= 0.3 is 11.9 Å². The fraction of sp³-hybridized carbons (Fsp3) is 0.278. The predicted molar refractivity (Wildman–Crippen MR) is 95.7 cm³/mol. The second-order valence-corrected chi connectivity index (χ2v) is 6.31. The first-order valence-corrected chi connectivity index (χ1v) is 8.78. The SMILES string of the molecule is CCOC(=O)c1csc2c(C(=O)OCC)c3cc(C)ccn3c2c1=O. The van der Waals surface area contributed by atoms with E-state index in [9.17, 15) is 14.4 Å². The molecule has 0 radical (unpaired) electrons. The van der Waals surface area contributed by atoms with Crippen LogP contribution in [0.5, 0.6) is 0 Å². The number of pyridine rings is 1. The Morgan fingerprint density at radius 1 is 1.16 bits per heavy atom. The van der Waals surface area contributed by atoms with Crippen LogP contribution in [0.3, 0.4) is 0 Å². The van der Waals surface area contributed by atoms with Gasteiger partial charge in [0, 0.05) is 11.6 Å². The molecule has 0 bridgehead atoms.